The minimum absolute atomic E-state index is 0.0249. The van der Waals surface area contributed by atoms with E-state index in [-0.39, 0.29) is 19.0 Å². The van der Waals surface area contributed by atoms with Crippen molar-refractivity contribution in [2.24, 2.45) is 5.92 Å². The topological polar surface area (TPSA) is 60.9 Å². The van der Waals surface area contributed by atoms with Crippen LogP contribution in [0.2, 0.25) is 0 Å². The van der Waals surface area contributed by atoms with E-state index in [0.717, 1.165) is 25.9 Å². The van der Waals surface area contributed by atoms with Crippen molar-refractivity contribution >= 4 is 11.9 Å². The third-order valence-electron chi connectivity index (χ3n) is 2.85. The standard InChI is InChI=1S/C11H19N2O3/c1-9-3-5-13(6-4-9)10(14)7-12(2)8-11(15)16/h9H,2-8H2,1H3,(H,15,16)/q-1. The van der Waals surface area contributed by atoms with Gasteiger partial charge in [-0.3, -0.25) is 16.6 Å². The normalized spacial score (nSPS) is 17.8. The molecule has 0 unspecified atom stereocenters. The Morgan fingerprint density at radius 2 is 1.94 bits per heavy atom. The number of carboxylic acids is 1. The molecule has 5 heteroatoms. The van der Waals surface area contributed by atoms with Gasteiger partial charge in [0.2, 0.25) is 5.91 Å². The zero-order valence-corrected chi connectivity index (χ0v) is 9.69. The van der Waals surface area contributed by atoms with Crippen LogP contribution >= 0.6 is 0 Å². The third-order valence-corrected chi connectivity index (χ3v) is 2.85. The van der Waals surface area contributed by atoms with E-state index in [0.29, 0.717) is 5.92 Å². The van der Waals surface area contributed by atoms with E-state index < -0.39 is 5.97 Å². The first-order valence-corrected chi connectivity index (χ1v) is 5.54. The summed E-state index contributed by atoms with van der Waals surface area (Å²) in [5, 5.41) is 8.54. The van der Waals surface area contributed by atoms with Gasteiger partial charge in [0, 0.05) is 13.1 Å². The van der Waals surface area contributed by atoms with Crippen molar-refractivity contribution in [2.45, 2.75) is 19.8 Å². The molecular weight excluding hydrogens is 208 g/mol. The van der Waals surface area contributed by atoms with Crippen molar-refractivity contribution in [1.29, 1.82) is 0 Å². The lowest BCUT2D eigenvalue weighted by molar-refractivity contribution is -0.139. The number of carbonyl (C=O) groups is 2. The van der Waals surface area contributed by atoms with Crippen LogP contribution in [0.4, 0.5) is 0 Å². The summed E-state index contributed by atoms with van der Waals surface area (Å²) in [6.07, 6.45) is 2.06. The fourth-order valence-electron chi connectivity index (χ4n) is 1.80. The maximum absolute atomic E-state index is 11.7. The first kappa shape index (κ1) is 13.0. The zero-order chi connectivity index (χ0) is 12.1. The Bertz CT molecular complexity index is 260. The zero-order valence-electron chi connectivity index (χ0n) is 9.69. The first-order chi connectivity index (χ1) is 7.49. The molecule has 1 heterocycles. The Morgan fingerprint density at radius 1 is 1.38 bits per heavy atom. The molecule has 0 saturated carbocycles. The molecule has 0 atom stereocenters. The van der Waals surface area contributed by atoms with Gasteiger partial charge >= 0.3 is 5.97 Å². The van der Waals surface area contributed by atoms with Gasteiger partial charge in [-0.2, -0.15) is 0 Å². The minimum atomic E-state index is -0.963. The van der Waals surface area contributed by atoms with Crippen molar-refractivity contribution in [3.05, 3.63) is 7.05 Å². The Hall–Kier alpha value is -1.10. The highest BCUT2D eigenvalue weighted by Crippen LogP contribution is 2.15. The molecule has 1 saturated heterocycles. The van der Waals surface area contributed by atoms with Crippen LogP contribution in [0.25, 0.3) is 0 Å². The van der Waals surface area contributed by atoms with Crippen LogP contribution in [-0.4, -0.2) is 53.0 Å². The molecule has 0 aliphatic carbocycles. The van der Waals surface area contributed by atoms with E-state index in [1.165, 1.54) is 4.90 Å². The molecule has 1 amide bonds. The largest absolute Gasteiger partial charge is 0.480 e. The summed E-state index contributed by atoms with van der Waals surface area (Å²) in [7, 11) is 3.53. The van der Waals surface area contributed by atoms with Crippen LogP contribution in [0.1, 0.15) is 19.8 Å². The molecule has 92 valence electrons. The second-order valence-electron chi connectivity index (χ2n) is 4.44. The highest BCUT2D eigenvalue weighted by Gasteiger charge is 2.20. The lowest BCUT2D eigenvalue weighted by atomic mass is 9.99. The summed E-state index contributed by atoms with van der Waals surface area (Å²) >= 11 is 0. The summed E-state index contributed by atoms with van der Waals surface area (Å²) in [5.74, 6) is -0.308. The number of nitrogens with zero attached hydrogens (tertiary/aromatic N) is 2. The van der Waals surface area contributed by atoms with Crippen molar-refractivity contribution in [3.8, 4) is 0 Å². The van der Waals surface area contributed by atoms with Crippen molar-refractivity contribution < 1.29 is 14.7 Å². The fraction of sp³-hybridized carbons (Fsp3) is 0.727. The summed E-state index contributed by atoms with van der Waals surface area (Å²) in [4.78, 5) is 25.2. The highest BCUT2D eigenvalue weighted by atomic mass is 16.4. The van der Waals surface area contributed by atoms with Crippen LogP contribution in [0.3, 0.4) is 0 Å². The van der Waals surface area contributed by atoms with E-state index in [1.807, 2.05) is 0 Å². The fourth-order valence-corrected chi connectivity index (χ4v) is 1.80. The number of carbonyl (C=O) groups excluding carboxylic acids is 1. The quantitative estimate of drug-likeness (QED) is 0.707. The van der Waals surface area contributed by atoms with E-state index >= 15 is 0 Å². The molecule has 0 aromatic carbocycles. The minimum Gasteiger partial charge on any atom is -0.480 e. The third kappa shape index (κ3) is 4.18. The van der Waals surface area contributed by atoms with E-state index in [1.54, 1.807) is 4.90 Å². The molecule has 0 aromatic heterocycles. The number of carboxylic acid groups (broad SMARTS) is 1. The predicted octanol–water partition coefficient (Wildman–Crippen LogP) is 0.423. The molecule has 16 heavy (non-hydrogen) atoms. The number of aliphatic carboxylic acids is 1. The van der Waals surface area contributed by atoms with Crippen LogP contribution in [0.5, 0.6) is 0 Å². The Labute approximate surface area is 96.0 Å². The van der Waals surface area contributed by atoms with Gasteiger partial charge < -0.3 is 14.9 Å². The lowest BCUT2D eigenvalue weighted by Gasteiger charge is -2.33. The number of hydrogen-bond donors (Lipinski definition) is 1. The van der Waals surface area contributed by atoms with E-state index in [2.05, 4.69) is 14.0 Å². The van der Waals surface area contributed by atoms with Gasteiger partial charge in [-0.15, -0.1) is 0 Å². The van der Waals surface area contributed by atoms with E-state index in [4.69, 9.17) is 5.11 Å². The monoisotopic (exact) mass is 227 g/mol. The van der Waals surface area contributed by atoms with Gasteiger partial charge in [-0.05, 0) is 18.8 Å². The molecule has 1 fully saturated rings. The van der Waals surface area contributed by atoms with Crippen molar-refractivity contribution in [3.63, 3.8) is 0 Å². The molecule has 1 rings (SSSR count). The highest BCUT2D eigenvalue weighted by molar-refractivity contribution is 5.79. The predicted molar refractivity (Wildman–Crippen MR) is 59.5 cm³/mol. The maximum atomic E-state index is 11.7. The van der Waals surface area contributed by atoms with Crippen molar-refractivity contribution in [1.82, 2.24) is 9.80 Å². The van der Waals surface area contributed by atoms with Gasteiger partial charge in [0.1, 0.15) is 0 Å². The summed E-state index contributed by atoms with van der Waals surface area (Å²) < 4.78 is 0. The van der Waals surface area contributed by atoms with Gasteiger partial charge in [0.05, 0.1) is 13.1 Å². The van der Waals surface area contributed by atoms with Gasteiger partial charge in [-0.1, -0.05) is 6.92 Å². The van der Waals surface area contributed by atoms with Gasteiger partial charge in [0.15, 0.2) is 0 Å². The van der Waals surface area contributed by atoms with E-state index in [9.17, 15) is 9.59 Å². The average Bonchev–Trinajstić information content (AvgIpc) is 2.16. The molecule has 1 aliphatic heterocycles. The molecule has 1 aliphatic rings. The molecule has 1 N–H and O–H groups in total. The molecular formula is C11H19N2O3-. The molecule has 0 radical (unpaired) electrons. The second-order valence-corrected chi connectivity index (χ2v) is 4.44. The average molecular weight is 227 g/mol. The SMILES string of the molecule is [CH2-]N(CC(=O)O)CC(=O)N1CCC(C)CC1. The number of likely N-dealkylation sites (tertiary alicyclic amines) is 1. The lowest BCUT2D eigenvalue weighted by Crippen LogP contribution is -2.43. The summed E-state index contributed by atoms with van der Waals surface area (Å²) in [6, 6.07) is 0. The Kier molecular flexibility index (Phi) is 4.73. The van der Waals surface area contributed by atoms with Gasteiger partial charge in [-0.25, -0.2) is 0 Å². The number of piperidine rings is 1. The smallest absolute Gasteiger partial charge is 0.315 e. The van der Waals surface area contributed by atoms with Crippen molar-refractivity contribution in [2.75, 3.05) is 26.2 Å². The van der Waals surface area contributed by atoms with Gasteiger partial charge in [0.25, 0.3) is 0 Å². The number of rotatable bonds is 4. The first-order valence-electron chi connectivity index (χ1n) is 5.54. The summed E-state index contributed by atoms with van der Waals surface area (Å²) in [5.41, 5.74) is 0. The Morgan fingerprint density at radius 3 is 2.44 bits per heavy atom. The molecule has 0 spiro atoms. The van der Waals surface area contributed by atoms with Crippen LogP contribution in [0.15, 0.2) is 0 Å². The van der Waals surface area contributed by atoms with Crippen LogP contribution < -0.4 is 0 Å². The number of amides is 1. The summed E-state index contributed by atoms with van der Waals surface area (Å²) in [6.45, 7) is 3.62. The van der Waals surface area contributed by atoms with Crippen LogP contribution in [-0.2, 0) is 9.59 Å². The Balaban J connectivity index is 2.32. The van der Waals surface area contributed by atoms with Crippen LogP contribution in [0, 0.1) is 13.0 Å². The number of hydrogen-bond acceptors (Lipinski definition) is 3. The second kappa shape index (κ2) is 5.84. The maximum Gasteiger partial charge on any atom is 0.315 e. The molecule has 5 nitrogen and oxygen atoms in total. The molecule has 0 bridgehead atoms. The molecule has 0 aromatic rings.